The fourth-order valence-corrected chi connectivity index (χ4v) is 1.97. The zero-order valence-electron chi connectivity index (χ0n) is 10.7. The van der Waals surface area contributed by atoms with Gasteiger partial charge in [0, 0.05) is 12.0 Å². The van der Waals surface area contributed by atoms with Gasteiger partial charge in [-0.3, -0.25) is 4.79 Å². The lowest BCUT2D eigenvalue weighted by molar-refractivity contribution is 0.620. The van der Waals surface area contributed by atoms with E-state index in [4.69, 9.17) is 5.26 Å². The molecule has 0 saturated carbocycles. The van der Waals surface area contributed by atoms with Crippen molar-refractivity contribution in [3.05, 3.63) is 45.5 Å². The molecular weight excluding hydrogens is 245 g/mol. The maximum Gasteiger partial charge on any atom is 0.251 e. The van der Waals surface area contributed by atoms with E-state index in [1.54, 1.807) is 26.1 Å². The number of aromatic nitrogens is 1. The van der Waals surface area contributed by atoms with Crippen LogP contribution in [0.1, 0.15) is 11.1 Å². The van der Waals surface area contributed by atoms with Crippen LogP contribution in [0.3, 0.4) is 0 Å². The predicted molar refractivity (Wildman–Crippen MR) is 71.4 cm³/mol. The van der Waals surface area contributed by atoms with Crippen LogP contribution in [0.25, 0.3) is 10.9 Å². The van der Waals surface area contributed by atoms with Gasteiger partial charge in [0.2, 0.25) is 0 Å². The number of fused-ring (bicyclic) bond motifs is 1. The maximum atomic E-state index is 13.4. The summed E-state index contributed by atoms with van der Waals surface area (Å²) in [6.07, 6.45) is 0.314. The SMILES string of the molecule is CN[C@H](C#N)Cc1cc2cc(C)c(F)cc2[nH]c1=O. The molecule has 4 nitrogen and oxygen atoms in total. The number of nitrogens with one attached hydrogen (secondary N) is 2. The topological polar surface area (TPSA) is 68.7 Å². The smallest absolute Gasteiger partial charge is 0.251 e. The molecule has 19 heavy (non-hydrogen) atoms. The van der Waals surface area contributed by atoms with Gasteiger partial charge in [0.05, 0.1) is 17.6 Å². The second kappa shape index (κ2) is 5.21. The quantitative estimate of drug-likeness (QED) is 0.880. The Morgan fingerprint density at radius 1 is 1.47 bits per heavy atom. The van der Waals surface area contributed by atoms with E-state index in [0.717, 1.165) is 5.39 Å². The third-order valence-corrected chi connectivity index (χ3v) is 3.13. The lowest BCUT2D eigenvalue weighted by Crippen LogP contribution is -2.28. The summed E-state index contributed by atoms with van der Waals surface area (Å²) in [4.78, 5) is 14.5. The van der Waals surface area contributed by atoms with Gasteiger partial charge >= 0.3 is 0 Å². The van der Waals surface area contributed by atoms with E-state index >= 15 is 0 Å². The minimum Gasteiger partial charge on any atom is -0.322 e. The summed E-state index contributed by atoms with van der Waals surface area (Å²) >= 11 is 0. The Morgan fingerprint density at radius 3 is 2.84 bits per heavy atom. The second-order valence-corrected chi connectivity index (χ2v) is 4.49. The molecule has 1 heterocycles. The molecule has 1 atom stereocenters. The van der Waals surface area contributed by atoms with Crippen LogP contribution in [0.15, 0.2) is 23.0 Å². The fourth-order valence-electron chi connectivity index (χ4n) is 1.97. The largest absolute Gasteiger partial charge is 0.322 e. The molecule has 0 fully saturated rings. The van der Waals surface area contributed by atoms with Gasteiger partial charge in [0.25, 0.3) is 5.56 Å². The van der Waals surface area contributed by atoms with Crippen molar-refractivity contribution in [1.29, 1.82) is 5.26 Å². The zero-order chi connectivity index (χ0) is 14.0. The van der Waals surface area contributed by atoms with Gasteiger partial charge in [-0.15, -0.1) is 0 Å². The number of benzene rings is 1. The highest BCUT2D eigenvalue weighted by atomic mass is 19.1. The zero-order valence-corrected chi connectivity index (χ0v) is 10.7. The van der Waals surface area contributed by atoms with Gasteiger partial charge in [-0.25, -0.2) is 4.39 Å². The highest BCUT2D eigenvalue weighted by molar-refractivity contribution is 5.79. The molecule has 0 aliphatic rings. The maximum absolute atomic E-state index is 13.4. The molecule has 0 unspecified atom stereocenters. The van der Waals surface area contributed by atoms with E-state index in [2.05, 4.69) is 16.4 Å². The van der Waals surface area contributed by atoms with Crippen LogP contribution in [0.5, 0.6) is 0 Å². The number of hydrogen-bond donors (Lipinski definition) is 2. The molecule has 2 N–H and O–H groups in total. The van der Waals surface area contributed by atoms with Gasteiger partial charge in [-0.05, 0) is 43.1 Å². The van der Waals surface area contributed by atoms with Gasteiger partial charge in [0.1, 0.15) is 5.82 Å². The summed E-state index contributed by atoms with van der Waals surface area (Å²) in [7, 11) is 1.67. The molecule has 0 bridgehead atoms. The molecule has 0 amide bonds. The van der Waals surface area contributed by atoms with Crippen LogP contribution in [-0.2, 0) is 6.42 Å². The van der Waals surface area contributed by atoms with Crippen molar-refractivity contribution in [2.24, 2.45) is 0 Å². The molecule has 2 aromatic rings. The number of aryl methyl sites for hydroxylation is 1. The number of H-pyrrole nitrogens is 1. The molecule has 0 aliphatic heterocycles. The summed E-state index contributed by atoms with van der Waals surface area (Å²) in [5.74, 6) is -0.346. The number of aromatic amines is 1. The summed E-state index contributed by atoms with van der Waals surface area (Å²) in [6, 6.07) is 6.37. The minimum atomic E-state index is -0.417. The van der Waals surface area contributed by atoms with E-state index in [1.807, 2.05) is 0 Å². The Kier molecular flexibility index (Phi) is 3.63. The molecule has 2 rings (SSSR count). The van der Waals surface area contributed by atoms with Crippen LogP contribution in [0, 0.1) is 24.1 Å². The number of hydrogen-bond acceptors (Lipinski definition) is 3. The average Bonchev–Trinajstić information content (AvgIpc) is 2.38. The molecule has 1 aromatic heterocycles. The Morgan fingerprint density at radius 2 is 2.21 bits per heavy atom. The molecule has 1 aromatic carbocycles. The van der Waals surface area contributed by atoms with E-state index in [9.17, 15) is 9.18 Å². The molecule has 5 heteroatoms. The lowest BCUT2D eigenvalue weighted by Gasteiger charge is -2.08. The van der Waals surface area contributed by atoms with Crippen LogP contribution in [0.4, 0.5) is 4.39 Å². The van der Waals surface area contributed by atoms with E-state index in [-0.39, 0.29) is 11.4 Å². The van der Waals surface area contributed by atoms with E-state index in [0.29, 0.717) is 23.1 Å². The monoisotopic (exact) mass is 259 g/mol. The highest BCUT2D eigenvalue weighted by Crippen LogP contribution is 2.17. The number of nitriles is 1. The number of nitrogens with zero attached hydrogens (tertiary/aromatic N) is 1. The van der Waals surface area contributed by atoms with Crippen molar-refractivity contribution in [1.82, 2.24) is 10.3 Å². The predicted octanol–water partition coefficient (Wildman–Crippen LogP) is 1.63. The molecule has 0 aliphatic carbocycles. The third-order valence-electron chi connectivity index (χ3n) is 3.13. The van der Waals surface area contributed by atoms with Crippen molar-refractivity contribution in [3.8, 4) is 6.07 Å². The summed E-state index contributed by atoms with van der Waals surface area (Å²) in [5, 5.41) is 12.5. The third kappa shape index (κ3) is 2.64. The first-order chi connectivity index (χ1) is 9.05. The van der Waals surface area contributed by atoms with Gasteiger partial charge < -0.3 is 10.3 Å². The van der Waals surface area contributed by atoms with E-state index in [1.165, 1.54) is 6.07 Å². The van der Waals surface area contributed by atoms with Crippen LogP contribution in [0.2, 0.25) is 0 Å². The van der Waals surface area contributed by atoms with Crippen LogP contribution < -0.4 is 10.9 Å². The Bertz CT molecular complexity index is 715. The summed E-state index contributed by atoms with van der Waals surface area (Å²) < 4.78 is 13.4. The Hall–Kier alpha value is -2.19. The summed E-state index contributed by atoms with van der Waals surface area (Å²) in [5.41, 5.74) is 1.22. The van der Waals surface area contributed by atoms with E-state index < -0.39 is 6.04 Å². The lowest BCUT2D eigenvalue weighted by atomic mass is 10.0. The minimum absolute atomic E-state index is 0.286. The van der Waals surface area contributed by atoms with Gasteiger partial charge in [-0.1, -0.05) is 0 Å². The first-order valence-corrected chi connectivity index (χ1v) is 5.94. The number of likely N-dealkylation sites (N-methyl/N-ethyl adjacent to an activating group) is 1. The number of rotatable bonds is 3. The van der Waals surface area contributed by atoms with Crippen LogP contribution >= 0.6 is 0 Å². The fraction of sp³-hybridized carbons (Fsp3) is 0.286. The second-order valence-electron chi connectivity index (χ2n) is 4.49. The standard InChI is InChI=1S/C14H14FN3O/c1-8-3-9-4-10(5-11(7-16)17-2)14(19)18-13(9)6-12(8)15/h3-4,6,11,17H,5H2,1-2H3,(H,18,19)/t11-/m0/s1. The molecule has 0 saturated heterocycles. The number of pyridine rings is 1. The first-order valence-electron chi connectivity index (χ1n) is 5.94. The number of halogens is 1. The molecular formula is C14H14FN3O. The van der Waals surface area contributed by atoms with Crippen molar-refractivity contribution < 1.29 is 4.39 Å². The Labute approximate surface area is 109 Å². The first kappa shape index (κ1) is 13.2. The van der Waals surface area contributed by atoms with Crippen LogP contribution in [-0.4, -0.2) is 18.1 Å². The Balaban J connectivity index is 2.53. The normalized spacial score (nSPS) is 12.3. The molecule has 98 valence electrons. The average molecular weight is 259 g/mol. The summed E-state index contributed by atoms with van der Waals surface area (Å²) in [6.45, 7) is 1.67. The van der Waals surface area contributed by atoms with Crippen molar-refractivity contribution in [2.75, 3.05) is 7.05 Å². The van der Waals surface area contributed by atoms with Crippen molar-refractivity contribution in [2.45, 2.75) is 19.4 Å². The van der Waals surface area contributed by atoms with Gasteiger partial charge in [-0.2, -0.15) is 5.26 Å². The van der Waals surface area contributed by atoms with Crippen molar-refractivity contribution >= 4 is 10.9 Å². The molecule has 0 spiro atoms. The highest BCUT2D eigenvalue weighted by Gasteiger charge is 2.11. The van der Waals surface area contributed by atoms with Gasteiger partial charge in [0.15, 0.2) is 0 Å². The molecule has 0 radical (unpaired) electrons. The van der Waals surface area contributed by atoms with Crippen molar-refractivity contribution in [3.63, 3.8) is 0 Å².